The van der Waals surface area contributed by atoms with Crippen LogP contribution in [-0.4, -0.2) is 15.9 Å². The van der Waals surface area contributed by atoms with Crippen molar-refractivity contribution < 1.29 is 4.79 Å². The highest BCUT2D eigenvalue weighted by molar-refractivity contribution is 5.94. The lowest BCUT2D eigenvalue weighted by molar-refractivity contribution is 0.0949. The Balaban J connectivity index is 1.56. The smallest absolute Gasteiger partial charge is 0.261 e. The molecule has 0 unspecified atom stereocenters. The molecule has 0 fully saturated rings. The van der Waals surface area contributed by atoms with Gasteiger partial charge in [-0.2, -0.15) is 0 Å². The summed E-state index contributed by atoms with van der Waals surface area (Å²) in [6.07, 6.45) is 1.66. The maximum Gasteiger partial charge on any atom is 0.261 e. The van der Waals surface area contributed by atoms with Crippen molar-refractivity contribution in [2.75, 3.05) is 0 Å². The van der Waals surface area contributed by atoms with Crippen molar-refractivity contribution in [1.29, 1.82) is 0 Å². The number of aromatic nitrogens is 2. The Hall–Kier alpha value is -3.73. The summed E-state index contributed by atoms with van der Waals surface area (Å²) in [5.41, 5.74) is 1.96. The van der Waals surface area contributed by atoms with Crippen LogP contribution in [0, 0.1) is 0 Å². The quantitative estimate of drug-likeness (QED) is 0.588. The molecule has 132 valence electrons. The summed E-state index contributed by atoms with van der Waals surface area (Å²) in [5, 5.41) is 4.94. The van der Waals surface area contributed by atoms with Crippen LogP contribution < -0.4 is 10.9 Å². The Bertz CT molecular complexity index is 1170. The Labute approximate surface area is 155 Å². The summed E-state index contributed by atoms with van der Waals surface area (Å²) in [7, 11) is 0. The Morgan fingerprint density at radius 3 is 2.52 bits per heavy atom. The lowest BCUT2D eigenvalue weighted by Crippen LogP contribution is -2.29. The Kier molecular flexibility index (Phi) is 4.49. The number of hydrogen-bond acceptors (Lipinski definition) is 3. The number of nitrogens with zero attached hydrogens (tertiary/aromatic N) is 1. The fourth-order valence-corrected chi connectivity index (χ4v) is 2.95. The first-order valence-corrected chi connectivity index (χ1v) is 8.61. The van der Waals surface area contributed by atoms with Crippen molar-refractivity contribution >= 4 is 16.7 Å². The number of fused-ring (bicyclic) bond motifs is 1. The van der Waals surface area contributed by atoms with Crippen LogP contribution in [0.4, 0.5) is 0 Å². The molecule has 2 aromatic carbocycles. The maximum absolute atomic E-state index is 12.4. The van der Waals surface area contributed by atoms with Gasteiger partial charge in [0.2, 0.25) is 0 Å². The Morgan fingerprint density at radius 1 is 0.926 bits per heavy atom. The third kappa shape index (κ3) is 3.62. The first-order valence-electron chi connectivity index (χ1n) is 8.61. The normalized spacial score (nSPS) is 10.7. The fraction of sp³-hybridized carbons (Fsp3) is 0.0455. The van der Waals surface area contributed by atoms with Crippen LogP contribution in [0.25, 0.3) is 22.0 Å². The third-order valence-electron chi connectivity index (χ3n) is 4.37. The monoisotopic (exact) mass is 355 g/mol. The van der Waals surface area contributed by atoms with Gasteiger partial charge in [0.1, 0.15) is 5.56 Å². The van der Waals surface area contributed by atoms with Crippen molar-refractivity contribution in [3.63, 3.8) is 0 Å². The van der Waals surface area contributed by atoms with E-state index in [9.17, 15) is 9.59 Å². The zero-order chi connectivity index (χ0) is 18.6. The van der Waals surface area contributed by atoms with E-state index in [1.807, 2.05) is 60.7 Å². The molecule has 0 aliphatic carbocycles. The zero-order valence-electron chi connectivity index (χ0n) is 14.5. The molecule has 0 atom stereocenters. The standard InChI is InChI=1S/C22H17N3O2/c26-21(24-14-18-7-3-4-12-23-18)19-10-11-20(25-22(19)27)17-9-8-15-5-1-2-6-16(15)13-17/h1-13H,14H2,(H,24,26)(H,25,27). The predicted molar refractivity (Wildman–Crippen MR) is 105 cm³/mol. The van der Waals surface area contributed by atoms with E-state index in [-0.39, 0.29) is 12.1 Å². The van der Waals surface area contributed by atoms with Crippen LogP contribution in [-0.2, 0) is 6.54 Å². The highest BCUT2D eigenvalue weighted by atomic mass is 16.2. The lowest BCUT2D eigenvalue weighted by Gasteiger charge is -2.07. The summed E-state index contributed by atoms with van der Waals surface area (Å²) in [4.78, 5) is 31.6. The topological polar surface area (TPSA) is 74.8 Å². The van der Waals surface area contributed by atoms with Crippen LogP contribution in [0.3, 0.4) is 0 Å². The molecule has 2 N–H and O–H groups in total. The highest BCUT2D eigenvalue weighted by Gasteiger charge is 2.11. The van der Waals surface area contributed by atoms with Crippen molar-refractivity contribution in [1.82, 2.24) is 15.3 Å². The van der Waals surface area contributed by atoms with E-state index >= 15 is 0 Å². The number of hydrogen-bond donors (Lipinski definition) is 2. The van der Waals surface area contributed by atoms with Gasteiger partial charge in [-0.3, -0.25) is 14.6 Å². The second kappa shape index (κ2) is 7.25. The van der Waals surface area contributed by atoms with Crippen molar-refractivity contribution in [2.45, 2.75) is 6.54 Å². The van der Waals surface area contributed by atoms with Crippen LogP contribution in [0.1, 0.15) is 16.1 Å². The van der Waals surface area contributed by atoms with Gasteiger partial charge >= 0.3 is 0 Å². The SMILES string of the molecule is O=C(NCc1ccccn1)c1ccc(-c2ccc3ccccc3c2)[nH]c1=O. The van der Waals surface area contributed by atoms with Crippen LogP contribution in [0.5, 0.6) is 0 Å². The number of carbonyl (C=O) groups is 1. The minimum Gasteiger partial charge on any atom is -0.346 e. The molecule has 27 heavy (non-hydrogen) atoms. The van der Waals surface area contributed by atoms with E-state index in [1.165, 1.54) is 0 Å². The highest BCUT2D eigenvalue weighted by Crippen LogP contribution is 2.22. The minimum atomic E-state index is -0.424. The molecule has 5 nitrogen and oxygen atoms in total. The van der Waals surface area contributed by atoms with Crippen molar-refractivity contribution in [3.05, 3.63) is 101 Å². The third-order valence-corrected chi connectivity index (χ3v) is 4.37. The van der Waals surface area contributed by atoms with Crippen molar-refractivity contribution in [2.24, 2.45) is 0 Å². The molecule has 0 aliphatic rings. The van der Waals surface area contributed by atoms with Crippen LogP contribution in [0.15, 0.2) is 83.8 Å². The summed E-state index contributed by atoms with van der Waals surface area (Å²) in [5.74, 6) is -0.424. The lowest BCUT2D eigenvalue weighted by atomic mass is 10.0. The number of H-pyrrole nitrogens is 1. The van der Waals surface area contributed by atoms with Gasteiger partial charge in [0.05, 0.1) is 12.2 Å². The molecule has 4 rings (SSSR count). The minimum absolute atomic E-state index is 0.0791. The van der Waals surface area contributed by atoms with Crippen molar-refractivity contribution in [3.8, 4) is 11.3 Å². The molecular formula is C22H17N3O2. The largest absolute Gasteiger partial charge is 0.346 e. The summed E-state index contributed by atoms with van der Waals surface area (Å²) >= 11 is 0. The van der Waals surface area contributed by atoms with Gasteiger partial charge in [-0.05, 0) is 46.7 Å². The van der Waals surface area contributed by atoms with Gasteiger partial charge < -0.3 is 10.3 Å². The van der Waals surface area contributed by atoms with Gasteiger partial charge in [0.25, 0.3) is 11.5 Å². The van der Waals surface area contributed by atoms with E-state index in [4.69, 9.17) is 0 Å². The molecular weight excluding hydrogens is 338 g/mol. The summed E-state index contributed by atoms with van der Waals surface area (Å²) in [6.45, 7) is 0.269. The number of benzene rings is 2. The predicted octanol–water partition coefficient (Wildman–Crippen LogP) is 3.52. The summed E-state index contributed by atoms with van der Waals surface area (Å²) < 4.78 is 0. The van der Waals surface area contributed by atoms with E-state index in [2.05, 4.69) is 15.3 Å². The maximum atomic E-state index is 12.4. The van der Waals surface area contributed by atoms with Crippen LogP contribution >= 0.6 is 0 Å². The summed E-state index contributed by atoms with van der Waals surface area (Å²) in [6, 6.07) is 22.8. The molecule has 0 saturated carbocycles. The van der Waals surface area contributed by atoms with E-state index < -0.39 is 11.5 Å². The Morgan fingerprint density at radius 2 is 1.74 bits per heavy atom. The van der Waals surface area contributed by atoms with Gasteiger partial charge in [-0.15, -0.1) is 0 Å². The average Bonchev–Trinajstić information content (AvgIpc) is 2.72. The number of aromatic amines is 1. The molecule has 5 heteroatoms. The number of rotatable bonds is 4. The molecule has 0 radical (unpaired) electrons. The first kappa shape index (κ1) is 16.7. The number of pyridine rings is 2. The zero-order valence-corrected chi connectivity index (χ0v) is 14.5. The van der Waals surface area contributed by atoms with E-state index in [1.54, 1.807) is 18.3 Å². The van der Waals surface area contributed by atoms with Crippen LogP contribution in [0.2, 0.25) is 0 Å². The second-order valence-corrected chi connectivity index (χ2v) is 6.18. The molecule has 0 spiro atoms. The molecule has 2 aromatic heterocycles. The van der Waals surface area contributed by atoms with Gasteiger partial charge in [0, 0.05) is 11.9 Å². The molecule has 4 aromatic rings. The average molecular weight is 355 g/mol. The number of carbonyl (C=O) groups excluding carboxylic acids is 1. The molecule has 0 saturated heterocycles. The number of amides is 1. The van der Waals surface area contributed by atoms with E-state index in [0.717, 1.165) is 22.0 Å². The van der Waals surface area contributed by atoms with Gasteiger partial charge in [-0.25, -0.2) is 0 Å². The molecule has 0 aliphatic heterocycles. The van der Waals surface area contributed by atoms with Gasteiger partial charge in [0.15, 0.2) is 0 Å². The fourth-order valence-electron chi connectivity index (χ4n) is 2.95. The van der Waals surface area contributed by atoms with E-state index in [0.29, 0.717) is 5.69 Å². The second-order valence-electron chi connectivity index (χ2n) is 6.18. The molecule has 0 bridgehead atoms. The first-order chi connectivity index (χ1) is 13.2. The van der Waals surface area contributed by atoms with Gasteiger partial charge in [-0.1, -0.05) is 42.5 Å². The molecule has 2 heterocycles. The number of nitrogens with one attached hydrogen (secondary N) is 2. The molecule has 1 amide bonds.